The molecule has 0 spiro atoms. The molecule has 2 rings (SSSR count). The summed E-state index contributed by atoms with van der Waals surface area (Å²) in [4.78, 5) is 26.5. The molecular weight excluding hydrogens is 386 g/mol. The average Bonchev–Trinajstić information content (AvgIpc) is 3.08. The number of esters is 1. The van der Waals surface area contributed by atoms with Gasteiger partial charge in [-0.2, -0.15) is 5.10 Å². The molecule has 1 heterocycles. The predicted molar refractivity (Wildman–Crippen MR) is 104 cm³/mol. The van der Waals surface area contributed by atoms with Gasteiger partial charge in [0, 0.05) is 10.9 Å². The van der Waals surface area contributed by atoms with E-state index in [1.807, 2.05) is 6.92 Å². The van der Waals surface area contributed by atoms with Gasteiger partial charge in [0.05, 0.1) is 31.5 Å². The van der Waals surface area contributed by atoms with Crippen LogP contribution in [0.4, 0.5) is 5.13 Å². The number of para-hydroxylation sites is 1. The molecular formula is C18H21N3O6S. The Labute approximate surface area is 166 Å². The first-order valence-electron chi connectivity index (χ1n) is 8.53. The normalized spacial score (nSPS) is 10.6. The molecule has 0 fully saturated rings. The second kappa shape index (κ2) is 10.9. The number of rotatable bonds is 11. The van der Waals surface area contributed by atoms with Gasteiger partial charge < -0.3 is 19.3 Å². The minimum absolute atomic E-state index is 0.0965. The lowest BCUT2D eigenvalue weighted by Gasteiger charge is -2.12. The lowest BCUT2D eigenvalue weighted by Crippen LogP contribution is -2.11. The number of ether oxygens (including phenoxy) is 3. The first-order chi connectivity index (χ1) is 13.5. The van der Waals surface area contributed by atoms with Crippen molar-refractivity contribution in [1.82, 2.24) is 4.98 Å². The number of hydrogen-bond donors (Lipinski definition) is 2. The van der Waals surface area contributed by atoms with Gasteiger partial charge in [0.1, 0.15) is 0 Å². The van der Waals surface area contributed by atoms with Gasteiger partial charge in [-0.05, 0) is 26.0 Å². The Morgan fingerprint density at radius 1 is 1.29 bits per heavy atom. The summed E-state index contributed by atoms with van der Waals surface area (Å²) in [5.41, 5.74) is 3.91. The smallest absolute Gasteiger partial charge is 0.341 e. The van der Waals surface area contributed by atoms with Crippen LogP contribution < -0.4 is 14.9 Å². The number of carboxylic acids is 1. The Morgan fingerprint density at radius 2 is 2.11 bits per heavy atom. The topological polar surface area (TPSA) is 119 Å². The van der Waals surface area contributed by atoms with Gasteiger partial charge in [0.25, 0.3) is 0 Å². The number of hydrogen-bond acceptors (Lipinski definition) is 9. The van der Waals surface area contributed by atoms with E-state index in [1.165, 1.54) is 17.6 Å². The summed E-state index contributed by atoms with van der Waals surface area (Å²) < 4.78 is 15.7. The average molecular weight is 407 g/mol. The van der Waals surface area contributed by atoms with Crippen molar-refractivity contribution in [3.63, 3.8) is 0 Å². The number of benzene rings is 1. The fourth-order valence-corrected chi connectivity index (χ4v) is 2.81. The minimum atomic E-state index is -1.09. The van der Waals surface area contributed by atoms with Crippen LogP contribution in [-0.4, -0.2) is 48.1 Å². The first kappa shape index (κ1) is 21.2. The van der Waals surface area contributed by atoms with Crippen LogP contribution in [0.5, 0.6) is 11.5 Å². The zero-order valence-electron chi connectivity index (χ0n) is 15.5. The Balaban J connectivity index is 2.07. The summed E-state index contributed by atoms with van der Waals surface area (Å²) in [6.45, 7) is 3.80. The number of thiazole rings is 1. The third-order valence-corrected chi connectivity index (χ3v) is 3.99. The van der Waals surface area contributed by atoms with E-state index in [9.17, 15) is 9.59 Å². The molecule has 0 radical (unpaired) electrons. The highest BCUT2D eigenvalue weighted by Gasteiger charge is 2.12. The molecule has 1 aromatic heterocycles. The number of nitrogens with zero attached hydrogens (tertiary/aromatic N) is 2. The van der Waals surface area contributed by atoms with Crippen LogP contribution in [0.25, 0.3) is 0 Å². The van der Waals surface area contributed by atoms with Crippen LogP contribution in [-0.2, 0) is 20.7 Å². The standard InChI is InChI=1S/C18H21N3O6S/c1-3-25-14-7-5-6-12(17(14)27-10-15(22)23)9-19-21-18-20-13(11-28-18)8-16(24)26-4-2/h5-7,9,11H,3-4,8,10H2,1-2H3,(H,20,21)(H,22,23). The van der Waals surface area contributed by atoms with E-state index in [4.69, 9.17) is 19.3 Å². The molecule has 0 amide bonds. The monoisotopic (exact) mass is 407 g/mol. The van der Waals surface area contributed by atoms with Crippen molar-refractivity contribution in [2.75, 3.05) is 25.2 Å². The highest BCUT2D eigenvalue weighted by molar-refractivity contribution is 7.13. The number of nitrogens with one attached hydrogen (secondary N) is 1. The quantitative estimate of drug-likeness (QED) is 0.331. The van der Waals surface area contributed by atoms with Gasteiger partial charge in [0.15, 0.2) is 18.1 Å². The van der Waals surface area contributed by atoms with Crippen molar-refractivity contribution < 1.29 is 28.9 Å². The largest absolute Gasteiger partial charge is 0.490 e. The van der Waals surface area contributed by atoms with E-state index in [0.29, 0.717) is 41.1 Å². The summed E-state index contributed by atoms with van der Waals surface area (Å²) >= 11 is 1.30. The molecule has 0 unspecified atom stereocenters. The number of hydrazone groups is 1. The van der Waals surface area contributed by atoms with E-state index in [-0.39, 0.29) is 12.4 Å². The third-order valence-electron chi connectivity index (χ3n) is 3.20. The van der Waals surface area contributed by atoms with Gasteiger partial charge in [-0.3, -0.25) is 10.2 Å². The van der Waals surface area contributed by atoms with E-state index >= 15 is 0 Å². The molecule has 9 nitrogen and oxygen atoms in total. The summed E-state index contributed by atoms with van der Waals surface area (Å²) in [5, 5.41) is 15.2. The van der Waals surface area contributed by atoms with Crippen LogP contribution >= 0.6 is 11.3 Å². The Bertz CT molecular complexity index is 836. The molecule has 0 atom stereocenters. The number of aromatic nitrogens is 1. The van der Waals surface area contributed by atoms with E-state index in [1.54, 1.807) is 30.5 Å². The lowest BCUT2D eigenvalue weighted by atomic mass is 10.2. The van der Waals surface area contributed by atoms with Crippen LogP contribution in [0, 0.1) is 0 Å². The second-order valence-corrected chi connectivity index (χ2v) is 6.14. The van der Waals surface area contributed by atoms with Crippen molar-refractivity contribution in [2.24, 2.45) is 5.10 Å². The van der Waals surface area contributed by atoms with E-state index < -0.39 is 12.6 Å². The van der Waals surface area contributed by atoms with Crippen molar-refractivity contribution in [3.05, 3.63) is 34.8 Å². The number of carboxylic acid groups (broad SMARTS) is 1. The predicted octanol–water partition coefficient (Wildman–Crippen LogP) is 2.56. The summed E-state index contributed by atoms with van der Waals surface area (Å²) in [6, 6.07) is 5.16. The van der Waals surface area contributed by atoms with Crippen LogP contribution in [0.1, 0.15) is 25.1 Å². The maximum absolute atomic E-state index is 11.5. The van der Waals surface area contributed by atoms with Crippen molar-refractivity contribution >= 4 is 34.6 Å². The molecule has 150 valence electrons. The molecule has 0 aliphatic rings. The highest BCUT2D eigenvalue weighted by Crippen LogP contribution is 2.30. The van der Waals surface area contributed by atoms with Gasteiger partial charge in [-0.1, -0.05) is 6.07 Å². The highest BCUT2D eigenvalue weighted by atomic mass is 32.1. The summed E-state index contributed by atoms with van der Waals surface area (Å²) in [5.74, 6) is -0.710. The molecule has 10 heteroatoms. The second-order valence-electron chi connectivity index (χ2n) is 5.29. The maximum Gasteiger partial charge on any atom is 0.341 e. The summed E-state index contributed by atoms with van der Waals surface area (Å²) in [6.07, 6.45) is 1.57. The SMILES string of the molecule is CCOC(=O)Cc1csc(NN=Cc2cccc(OCC)c2OCC(=O)O)n1. The third kappa shape index (κ3) is 6.54. The van der Waals surface area contributed by atoms with Gasteiger partial charge in [-0.15, -0.1) is 11.3 Å². The fraction of sp³-hybridized carbons (Fsp3) is 0.333. The number of anilines is 1. The molecule has 2 aromatic rings. The Morgan fingerprint density at radius 3 is 2.82 bits per heavy atom. The molecule has 0 bridgehead atoms. The van der Waals surface area contributed by atoms with Crippen molar-refractivity contribution in [1.29, 1.82) is 0 Å². The van der Waals surface area contributed by atoms with E-state index in [0.717, 1.165) is 0 Å². The van der Waals surface area contributed by atoms with Crippen molar-refractivity contribution in [3.8, 4) is 11.5 Å². The maximum atomic E-state index is 11.5. The van der Waals surface area contributed by atoms with E-state index in [2.05, 4.69) is 15.5 Å². The molecule has 0 saturated heterocycles. The van der Waals surface area contributed by atoms with Gasteiger partial charge in [-0.25, -0.2) is 9.78 Å². The first-order valence-corrected chi connectivity index (χ1v) is 9.40. The Hall–Kier alpha value is -3.14. The molecule has 2 N–H and O–H groups in total. The van der Waals surface area contributed by atoms with Crippen molar-refractivity contribution in [2.45, 2.75) is 20.3 Å². The zero-order chi connectivity index (χ0) is 20.4. The zero-order valence-corrected chi connectivity index (χ0v) is 16.3. The molecule has 28 heavy (non-hydrogen) atoms. The summed E-state index contributed by atoms with van der Waals surface area (Å²) in [7, 11) is 0. The number of carbonyl (C=O) groups is 2. The van der Waals surface area contributed by atoms with Crippen LogP contribution in [0.2, 0.25) is 0 Å². The number of aliphatic carboxylic acids is 1. The lowest BCUT2D eigenvalue weighted by molar-refractivity contribution is -0.142. The van der Waals surface area contributed by atoms with Crippen LogP contribution in [0.15, 0.2) is 28.7 Å². The van der Waals surface area contributed by atoms with Gasteiger partial charge in [0.2, 0.25) is 5.13 Å². The molecule has 0 aliphatic carbocycles. The van der Waals surface area contributed by atoms with Crippen LogP contribution in [0.3, 0.4) is 0 Å². The fourth-order valence-electron chi connectivity index (χ4n) is 2.15. The molecule has 0 saturated carbocycles. The minimum Gasteiger partial charge on any atom is -0.490 e. The Kier molecular flexibility index (Phi) is 8.22. The number of carbonyl (C=O) groups excluding carboxylic acids is 1. The van der Waals surface area contributed by atoms with Gasteiger partial charge >= 0.3 is 11.9 Å². The molecule has 0 aliphatic heterocycles. The molecule has 1 aromatic carbocycles.